The summed E-state index contributed by atoms with van der Waals surface area (Å²) in [5, 5.41) is 13.4. The maximum Gasteiger partial charge on any atom is 0.288 e. The molecule has 2 aromatic carbocycles. The molecule has 0 unspecified atom stereocenters. The van der Waals surface area contributed by atoms with Gasteiger partial charge >= 0.3 is 0 Å². The van der Waals surface area contributed by atoms with Crippen molar-refractivity contribution in [3.63, 3.8) is 0 Å². The molecule has 0 aliphatic heterocycles. The Hall–Kier alpha value is -2.05. The number of carbonyl (C=O) groups is 1. The number of thioether (sulfide) groups is 1. The highest BCUT2D eigenvalue weighted by Crippen LogP contribution is 2.32. The molecule has 5 nitrogen and oxygen atoms in total. The minimum atomic E-state index is -0.533. The average molecular weight is 379 g/mol. The van der Waals surface area contributed by atoms with Gasteiger partial charge < -0.3 is 5.32 Å². The molecule has 1 N–H and O–H groups in total. The Kier molecular flexibility index (Phi) is 5.75. The van der Waals surface area contributed by atoms with Crippen molar-refractivity contribution in [1.29, 1.82) is 0 Å². The molecule has 0 fully saturated rings. The van der Waals surface area contributed by atoms with Crippen molar-refractivity contribution in [1.82, 2.24) is 0 Å². The van der Waals surface area contributed by atoms with Crippen molar-refractivity contribution in [2.45, 2.75) is 38.0 Å². The largest absolute Gasteiger partial charge is 0.315 e. The van der Waals surface area contributed by atoms with Crippen LogP contribution in [0.5, 0.6) is 0 Å². The number of halogens is 1. The Morgan fingerprint density at radius 2 is 1.88 bits per heavy atom. The zero-order valence-electron chi connectivity index (χ0n) is 14.4. The van der Waals surface area contributed by atoms with Crippen molar-refractivity contribution in [3.8, 4) is 0 Å². The van der Waals surface area contributed by atoms with Crippen molar-refractivity contribution in [2.24, 2.45) is 0 Å². The highest BCUT2D eigenvalue weighted by molar-refractivity contribution is 8.14. The first-order valence-electron chi connectivity index (χ1n) is 7.62. The normalized spacial score (nSPS) is 11.2. The molecular weight excluding hydrogens is 360 g/mol. The van der Waals surface area contributed by atoms with E-state index >= 15 is 0 Å². The van der Waals surface area contributed by atoms with Crippen LogP contribution in [0.1, 0.15) is 31.9 Å². The van der Waals surface area contributed by atoms with E-state index in [4.69, 9.17) is 11.6 Å². The van der Waals surface area contributed by atoms with Gasteiger partial charge in [-0.3, -0.25) is 14.9 Å². The quantitative estimate of drug-likeness (QED) is 0.393. The van der Waals surface area contributed by atoms with Crippen LogP contribution in [0.15, 0.2) is 41.3 Å². The lowest BCUT2D eigenvalue weighted by atomic mass is 9.86. The summed E-state index contributed by atoms with van der Waals surface area (Å²) in [4.78, 5) is 23.4. The summed E-state index contributed by atoms with van der Waals surface area (Å²) < 4.78 is 0. The van der Waals surface area contributed by atoms with Gasteiger partial charge in [0.15, 0.2) is 0 Å². The van der Waals surface area contributed by atoms with Gasteiger partial charge in [-0.1, -0.05) is 44.5 Å². The summed E-state index contributed by atoms with van der Waals surface area (Å²) >= 11 is 7.03. The third kappa shape index (κ3) is 4.96. The van der Waals surface area contributed by atoms with Crippen LogP contribution in [-0.2, 0) is 5.41 Å². The number of nitro groups is 1. The standard InChI is InChI=1S/C18H19ClN2O3S/c1-11-9-12(18(2,3)4)5-8-16(11)25-17(22)20-15-10-13(21(23)24)6-7-14(15)19/h5-10H,1-4H3,(H,20,22). The fourth-order valence-corrected chi connectivity index (χ4v) is 3.07. The van der Waals surface area contributed by atoms with Gasteiger partial charge in [0.1, 0.15) is 0 Å². The Balaban J connectivity index is 2.16. The molecule has 2 aromatic rings. The van der Waals surface area contributed by atoms with Crippen molar-refractivity contribution in [3.05, 3.63) is 62.7 Å². The number of benzene rings is 2. The number of hydrogen-bond acceptors (Lipinski definition) is 4. The predicted molar refractivity (Wildman–Crippen MR) is 103 cm³/mol. The van der Waals surface area contributed by atoms with Gasteiger partial charge in [-0.15, -0.1) is 0 Å². The van der Waals surface area contributed by atoms with Crippen LogP contribution in [0.25, 0.3) is 0 Å². The van der Waals surface area contributed by atoms with Gasteiger partial charge in [-0.25, -0.2) is 0 Å². The Labute approximate surface area is 155 Å². The monoisotopic (exact) mass is 378 g/mol. The van der Waals surface area contributed by atoms with E-state index in [2.05, 4.69) is 32.2 Å². The molecule has 1 amide bonds. The molecule has 0 aliphatic carbocycles. The Morgan fingerprint density at radius 1 is 1.20 bits per heavy atom. The number of nitrogens with one attached hydrogen (secondary N) is 1. The molecule has 0 aliphatic rings. The number of rotatable bonds is 3. The van der Waals surface area contributed by atoms with Crippen LogP contribution in [0.3, 0.4) is 0 Å². The van der Waals surface area contributed by atoms with Crippen LogP contribution in [0, 0.1) is 17.0 Å². The molecule has 0 atom stereocenters. The summed E-state index contributed by atoms with van der Waals surface area (Å²) in [6.07, 6.45) is 0. The fraction of sp³-hybridized carbons (Fsp3) is 0.278. The first-order valence-corrected chi connectivity index (χ1v) is 8.81. The number of nitrogens with zero attached hydrogens (tertiary/aromatic N) is 1. The third-order valence-corrected chi connectivity index (χ3v) is 4.94. The van der Waals surface area contributed by atoms with E-state index in [9.17, 15) is 14.9 Å². The van der Waals surface area contributed by atoms with Crippen molar-refractivity contribution >= 4 is 40.0 Å². The van der Waals surface area contributed by atoms with Crippen molar-refractivity contribution in [2.75, 3.05) is 5.32 Å². The van der Waals surface area contributed by atoms with Gasteiger partial charge in [-0.2, -0.15) is 0 Å². The van der Waals surface area contributed by atoms with Crippen LogP contribution < -0.4 is 5.32 Å². The maximum absolute atomic E-state index is 12.3. The van der Waals surface area contributed by atoms with E-state index in [0.717, 1.165) is 22.2 Å². The van der Waals surface area contributed by atoms with Crippen LogP contribution >= 0.6 is 23.4 Å². The Morgan fingerprint density at radius 3 is 2.44 bits per heavy atom. The van der Waals surface area contributed by atoms with E-state index in [1.165, 1.54) is 23.8 Å². The Bertz CT molecular complexity index is 832. The summed E-state index contributed by atoms with van der Waals surface area (Å²) in [6.45, 7) is 8.34. The number of hydrogen-bond donors (Lipinski definition) is 1. The predicted octanol–water partition coefficient (Wildman–Crippen LogP) is 6.18. The van der Waals surface area contributed by atoms with Gasteiger partial charge in [0.2, 0.25) is 0 Å². The molecule has 25 heavy (non-hydrogen) atoms. The molecule has 0 bridgehead atoms. The second-order valence-corrected chi connectivity index (χ2v) is 8.09. The molecule has 0 heterocycles. The van der Waals surface area contributed by atoms with Gasteiger partial charge in [0, 0.05) is 17.0 Å². The summed E-state index contributed by atoms with van der Waals surface area (Å²) in [7, 11) is 0. The maximum atomic E-state index is 12.3. The summed E-state index contributed by atoms with van der Waals surface area (Å²) in [6, 6.07) is 9.91. The second kappa shape index (κ2) is 7.45. The van der Waals surface area contributed by atoms with Crippen LogP contribution in [0.4, 0.5) is 16.2 Å². The second-order valence-electron chi connectivity index (χ2n) is 6.67. The SMILES string of the molecule is Cc1cc(C(C)(C)C)ccc1SC(=O)Nc1cc([N+](=O)[O-])ccc1Cl. The zero-order valence-corrected chi connectivity index (χ0v) is 16.0. The van der Waals surface area contributed by atoms with Gasteiger partial charge in [-0.05, 0) is 47.4 Å². The highest BCUT2D eigenvalue weighted by Gasteiger charge is 2.17. The van der Waals surface area contributed by atoms with E-state index in [-0.39, 0.29) is 27.1 Å². The first-order chi connectivity index (χ1) is 11.6. The summed E-state index contributed by atoms with van der Waals surface area (Å²) in [5.41, 5.74) is 2.31. The number of carbonyl (C=O) groups excluding carboxylic acids is 1. The number of nitro benzene ring substituents is 1. The molecule has 0 radical (unpaired) electrons. The lowest BCUT2D eigenvalue weighted by Crippen LogP contribution is -2.11. The number of anilines is 1. The van der Waals surface area contributed by atoms with Gasteiger partial charge in [0.25, 0.3) is 10.9 Å². The van der Waals surface area contributed by atoms with Gasteiger partial charge in [0.05, 0.1) is 15.6 Å². The van der Waals surface area contributed by atoms with Crippen molar-refractivity contribution < 1.29 is 9.72 Å². The van der Waals surface area contributed by atoms with E-state index in [1.54, 1.807) is 0 Å². The first kappa shape index (κ1) is 19.3. The molecule has 0 spiro atoms. The number of non-ortho nitro benzene ring substituents is 1. The topological polar surface area (TPSA) is 72.2 Å². The average Bonchev–Trinajstić information content (AvgIpc) is 2.50. The smallest absolute Gasteiger partial charge is 0.288 e. The third-order valence-electron chi connectivity index (χ3n) is 3.64. The minimum absolute atomic E-state index is 0.0344. The zero-order chi connectivity index (χ0) is 18.8. The minimum Gasteiger partial charge on any atom is -0.315 e. The molecule has 0 aromatic heterocycles. The molecule has 2 rings (SSSR count). The van der Waals surface area contributed by atoms with E-state index < -0.39 is 4.92 Å². The van der Waals surface area contributed by atoms with Crippen LogP contribution in [-0.4, -0.2) is 10.2 Å². The molecule has 7 heteroatoms. The lowest BCUT2D eigenvalue weighted by Gasteiger charge is -2.20. The van der Waals surface area contributed by atoms with E-state index in [1.807, 2.05) is 19.1 Å². The molecular formula is C18H19ClN2O3S. The molecule has 132 valence electrons. The molecule has 0 saturated heterocycles. The van der Waals surface area contributed by atoms with Crippen LogP contribution in [0.2, 0.25) is 5.02 Å². The fourth-order valence-electron chi connectivity index (χ4n) is 2.19. The molecule has 0 saturated carbocycles. The highest BCUT2D eigenvalue weighted by atomic mass is 35.5. The summed E-state index contributed by atoms with van der Waals surface area (Å²) in [5.74, 6) is 0. The van der Waals surface area contributed by atoms with E-state index in [0.29, 0.717) is 0 Å². The lowest BCUT2D eigenvalue weighted by molar-refractivity contribution is -0.384. The number of aryl methyl sites for hydroxylation is 1. The number of amides is 1.